The zero-order chi connectivity index (χ0) is 11.4. The highest BCUT2D eigenvalue weighted by Crippen LogP contribution is 2.21. The van der Waals surface area contributed by atoms with E-state index >= 15 is 0 Å². The molecule has 1 N–H and O–H groups in total. The van der Waals surface area contributed by atoms with E-state index in [1.807, 2.05) is 30.3 Å². The molecule has 1 amide bonds. The number of amidine groups is 1. The normalized spacial score (nSPS) is 21.3. The van der Waals surface area contributed by atoms with Crippen LogP contribution in [0.5, 0.6) is 0 Å². The van der Waals surface area contributed by atoms with Crippen molar-refractivity contribution in [3.63, 3.8) is 0 Å². The van der Waals surface area contributed by atoms with Gasteiger partial charge in [0.05, 0.1) is 0 Å². The van der Waals surface area contributed by atoms with Crippen LogP contribution in [0.2, 0.25) is 0 Å². The Morgan fingerprint density at radius 3 is 2.88 bits per heavy atom. The Balaban J connectivity index is 2.15. The molecule has 0 bridgehead atoms. The van der Waals surface area contributed by atoms with Gasteiger partial charge in [0.25, 0.3) is 11.9 Å². The van der Waals surface area contributed by atoms with Crippen molar-refractivity contribution in [3.05, 3.63) is 35.9 Å². The molecule has 0 saturated carbocycles. The van der Waals surface area contributed by atoms with E-state index in [9.17, 15) is 4.79 Å². The number of nitrogens with one attached hydrogen (secondary N) is 1. The average Bonchev–Trinajstić information content (AvgIpc) is 2.69. The van der Waals surface area contributed by atoms with E-state index in [-0.39, 0.29) is 18.5 Å². The van der Waals surface area contributed by atoms with Gasteiger partial charge in [-0.2, -0.15) is 0 Å². The van der Waals surface area contributed by atoms with E-state index in [0.29, 0.717) is 0 Å². The van der Waals surface area contributed by atoms with Gasteiger partial charge < -0.3 is 4.74 Å². The highest BCUT2D eigenvalue weighted by atomic mass is 16.5. The molecule has 0 spiro atoms. The summed E-state index contributed by atoms with van der Waals surface area (Å²) in [6, 6.07) is 9.43. The number of rotatable bonds is 2. The maximum atomic E-state index is 11.6. The maximum absolute atomic E-state index is 11.6. The van der Waals surface area contributed by atoms with Crippen molar-refractivity contribution in [2.45, 2.75) is 6.10 Å². The van der Waals surface area contributed by atoms with Gasteiger partial charge in [0.2, 0.25) is 6.10 Å². The molecule has 16 heavy (non-hydrogen) atoms. The fourth-order valence-electron chi connectivity index (χ4n) is 1.41. The minimum Gasteiger partial charge on any atom is -0.447 e. The molecule has 0 aliphatic carbocycles. The van der Waals surface area contributed by atoms with Gasteiger partial charge in [0, 0.05) is 5.56 Å². The monoisotopic (exact) mass is 214 g/mol. The third-order valence-corrected chi connectivity index (χ3v) is 2.11. The van der Waals surface area contributed by atoms with Gasteiger partial charge in [-0.15, -0.1) is 6.42 Å². The Morgan fingerprint density at radius 1 is 1.44 bits per heavy atom. The first-order chi connectivity index (χ1) is 7.81. The largest absolute Gasteiger partial charge is 0.447 e. The van der Waals surface area contributed by atoms with Crippen molar-refractivity contribution in [2.75, 3.05) is 6.54 Å². The topological polar surface area (TPSA) is 50.7 Å². The van der Waals surface area contributed by atoms with E-state index in [1.165, 1.54) is 0 Å². The average molecular weight is 214 g/mol. The second-order valence-corrected chi connectivity index (χ2v) is 3.22. The molecule has 1 aliphatic rings. The molecule has 1 saturated heterocycles. The molecule has 1 heterocycles. The number of benzene rings is 1. The van der Waals surface area contributed by atoms with Crippen molar-refractivity contribution in [1.82, 2.24) is 5.32 Å². The first-order valence-corrected chi connectivity index (χ1v) is 4.81. The highest BCUT2D eigenvalue weighted by Gasteiger charge is 2.31. The second kappa shape index (κ2) is 4.49. The smallest absolute Gasteiger partial charge is 0.293 e. The van der Waals surface area contributed by atoms with Crippen LogP contribution in [-0.2, 0) is 9.53 Å². The molecule has 0 unspecified atom stereocenters. The van der Waals surface area contributed by atoms with E-state index in [0.717, 1.165) is 5.56 Å². The van der Waals surface area contributed by atoms with Crippen LogP contribution in [-0.4, -0.2) is 18.5 Å². The third-order valence-electron chi connectivity index (χ3n) is 2.11. The maximum Gasteiger partial charge on any atom is 0.293 e. The van der Waals surface area contributed by atoms with Gasteiger partial charge >= 0.3 is 0 Å². The predicted octanol–water partition coefficient (Wildman–Crippen LogP) is 0.863. The lowest BCUT2D eigenvalue weighted by Gasteiger charge is -2.05. The van der Waals surface area contributed by atoms with E-state index in [2.05, 4.69) is 16.2 Å². The molecule has 1 fully saturated rings. The fourth-order valence-corrected chi connectivity index (χ4v) is 1.41. The lowest BCUT2D eigenvalue weighted by molar-refractivity contribution is -0.123. The third kappa shape index (κ3) is 2.04. The number of nitrogens with zero attached hydrogens (tertiary/aromatic N) is 1. The van der Waals surface area contributed by atoms with Gasteiger partial charge in [0.1, 0.15) is 6.54 Å². The van der Waals surface area contributed by atoms with Crippen LogP contribution in [0.4, 0.5) is 0 Å². The molecule has 4 nitrogen and oxygen atoms in total. The van der Waals surface area contributed by atoms with Gasteiger partial charge in [-0.25, -0.2) is 4.99 Å². The zero-order valence-corrected chi connectivity index (χ0v) is 8.51. The predicted molar refractivity (Wildman–Crippen MR) is 59.5 cm³/mol. The van der Waals surface area contributed by atoms with Crippen molar-refractivity contribution < 1.29 is 9.53 Å². The quantitative estimate of drug-likeness (QED) is 0.742. The zero-order valence-electron chi connectivity index (χ0n) is 8.51. The highest BCUT2D eigenvalue weighted by molar-refractivity contribution is 6.02. The minimum absolute atomic E-state index is 0.191. The number of carbonyl (C=O) groups excluding carboxylic acids is 1. The second-order valence-electron chi connectivity index (χ2n) is 3.22. The summed E-state index contributed by atoms with van der Waals surface area (Å²) in [5.74, 6) is 2.12. The summed E-state index contributed by atoms with van der Waals surface area (Å²) in [7, 11) is 0. The van der Waals surface area contributed by atoms with Crippen LogP contribution in [0, 0.1) is 12.3 Å². The van der Waals surface area contributed by atoms with E-state index in [4.69, 9.17) is 11.2 Å². The summed E-state index contributed by atoms with van der Waals surface area (Å²) in [4.78, 5) is 15.5. The SMILES string of the molecule is C#CCN=C1NC(=O)[C@H](c2ccccc2)O1. The number of terminal acetylenes is 1. The molecule has 1 aliphatic heterocycles. The minimum atomic E-state index is -0.627. The first-order valence-electron chi connectivity index (χ1n) is 4.81. The Morgan fingerprint density at radius 2 is 2.19 bits per heavy atom. The molecule has 0 radical (unpaired) electrons. The summed E-state index contributed by atoms with van der Waals surface area (Å²) < 4.78 is 5.36. The van der Waals surface area contributed by atoms with Crippen molar-refractivity contribution in [1.29, 1.82) is 0 Å². The van der Waals surface area contributed by atoms with Gasteiger partial charge in [-0.3, -0.25) is 10.1 Å². The molecular formula is C12H10N2O2. The lowest BCUT2D eigenvalue weighted by Crippen LogP contribution is -2.22. The number of ether oxygens (including phenoxy) is 1. The van der Waals surface area contributed by atoms with Crippen molar-refractivity contribution >= 4 is 11.9 Å². The molecule has 1 aromatic rings. The summed E-state index contributed by atoms with van der Waals surface area (Å²) >= 11 is 0. The molecule has 80 valence electrons. The van der Waals surface area contributed by atoms with Crippen LogP contribution < -0.4 is 5.32 Å². The Bertz CT molecular complexity index is 460. The van der Waals surface area contributed by atoms with Crippen LogP contribution in [0.3, 0.4) is 0 Å². The Kier molecular flexibility index (Phi) is 2.88. The molecule has 0 aromatic heterocycles. The van der Waals surface area contributed by atoms with Crippen LogP contribution >= 0.6 is 0 Å². The standard InChI is InChI=1S/C12H10N2O2/c1-2-8-13-12-14-11(15)10(16-12)9-6-4-3-5-7-9/h1,3-7,10H,8H2,(H,13,14,15)/t10-/m0/s1. The molecule has 2 rings (SSSR count). The van der Waals surface area contributed by atoms with E-state index < -0.39 is 6.10 Å². The molecular weight excluding hydrogens is 204 g/mol. The number of aliphatic imine (C=N–C) groups is 1. The summed E-state index contributed by atoms with van der Waals surface area (Å²) in [5, 5.41) is 2.53. The van der Waals surface area contributed by atoms with Gasteiger partial charge in [0.15, 0.2) is 0 Å². The van der Waals surface area contributed by atoms with E-state index in [1.54, 1.807) is 0 Å². The first kappa shape index (κ1) is 10.2. The number of amides is 1. The van der Waals surface area contributed by atoms with Crippen LogP contribution in [0.15, 0.2) is 35.3 Å². The number of carbonyl (C=O) groups is 1. The van der Waals surface area contributed by atoms with Crippen LogP contribution in [0.25, 0.3) is 0 Å². The summed E-state index contributed by atoms with van der Waals surface area (Å²) in [5.41, 5.74) is 0.797. The molecule has 4 heteroatoms. The lowest BCUT2D eigenvalue weighted by atomic mass is 10.1. The Labute approximate surface area is 93.3 Å². The van der Waals surface area contributed by atoms with Gasteiger partial charge in [-0.05, 0) is 0 Å². The fraction of sp³-hybridized carbons (Fsp3) is 0.167. The number of hydrogen-bond acceptors (Lipinski definition) is 3. The van der Waals surface area contributed by atoms with Crippen molar-refractivity contribution in [2.24, 2.45) is 4.99 Å². The molecule has 1 aromatic carbocycles. The molecule has 1 atom stereocenters. The summed E-state index contributed by atoms with van der Waals surface area (Å²) in [6.45, 7) is 0.192. The van der Waals surface area contributed by atoms with Crippen molar-refractivity contribution in [3.8, 4) is 12.3 Å². The number of hydrogen-bond donors (Lipinski definition) is 1. The summed E-state index contributed by atoms with van der Waals surface area (Å²) in [6.07, 6.45) is 4.43. The van der Waals surface area contributed by atoms with Gasteiger partial charge in [-0.1, -0.05) is 36.3 Å². The Hall–Kier alpha value is -2.28. The van der Waals surface area contributed by atoms with Crippen LogP contribution in [0.1, 0.15) is 11.7 Å².